The van der Waals surface area contributed by atoms with E-state index in [9.17, 15) is 5.11 Å². The molecule has 3 N–H and O–H groups in total. The molecule has 2 fully saturated rings. The number of aliphatic imine (C=N–C) groups is 1. The van der Waals surface area contributed by atoms with Crippen LogP contribution >= 0.6 is 0 Å². The average molecular weight is 339 g/mol. The number of aliphatic hydroxyl groups excluding tert-OH is 1. The first-order valence-electron chi connectivity index (χ1n) is 10.1. The molecular formula is C19H38N4O. The Kier molecular flexibility index (Phi) is 8.33. The molecule has 2 bridgehead atoms. The molecule has 140 valence electrons. The van der Waals surface area contributed by atoms with E-state index in [0.29, 0.717) is 12.0 Å². The third kappa shape index (κ3) is 5.62. The Balaban J connectivity index is 1.91. The van der Waals surface area contributed by atoms with Gasteiger partial charge in [0, 0.05) is 37.8 Å². The van der Waals surface area contributed by atoms with Crippen molar-refractivity contribution in [3.8, 4) is 0 Å². The van der Waals surface area contributed by atoms with Crippen molar-refractivity contribution in [1.29, 1.82) is 0 Å². The van der Waals surface area contributed by atoms with E-state index in [1.54, 1.807) is 0 Å². The molecule has 0 radical (unpaired) electrons. The number of fused-ring (bicyclic) bond motifs is 2. The molecule has 2 saturated heterocycles. The van der Waals surface area contributed by atoms with E-state index in [1.165, 1.54) is 32.1 Å². The van der Waals surface area contributed by atoms with E-state index in [4.69, 9.17) is 4.99 Å². The highest BCUT2D eigenvalue weighted by Gasteiger charge is 2.36. The molecule has 2 aliphatic heterocycles. The molecule has 2 rings (SSSR count). The molecule has 24 heavy (non-hydrogen) atoms. The minimum absolute atomic E-state index is 0.266. The van der Waals surface area contributed by atoms with Crippen LogP contribution in [0, 0.1) is 5.92 Å². The van der Waals surface area contributed by atoms with Crippen LogP contribution in [-0.4, -0.2) is 60.8 Å². The molecule has 0 aromatic heterocycles. The highest BCUT2D eigenvalue weighted by atomic mass is 16.3. The Bertz CT molecular complexity index is 368. The zero-order valence-electron chi connectivity index (χ0n) is 15.9. The fraction of sp³-hybridized carbons (Fsp3) is 0.947. The van der Waals surface area contributed by atoms with Gasteiger partial charge in [-0.1, -0.05) is 19.8 Å². The lowest BCUT2D eigenvalue weighted by Gasteiger charge is -2.47. The Morgan fingerprint density at radius 3 is 2.50 bits per heavy atom. The van der Waals surface area contributed by atoms with Crippen LogP contribution in [0.1, 0.15) is 65.2 Å². The summed E-state index contributed by atoms with van der Waals surface area (Å²) in [6.07, 6.45) is 9.68. The molecule has 5 heteroatoms. The number of nitrogens with zero attached hydrogens (tertiary/aromatic N) is 2. The van der Waals surface area contributed by atoms with E-state index in [-0.39, 0.29) is 6.61 Å². The number of hydrogen-bond donors (Lipinski definition) is 3. The number of guanidine groups is 1. The Hall–Kier alpha value is -0.810. The molecule has 3 unspecified atom stereocenters. The molecule has 2 aliphatic rings. The van der Waals surface area contributed by atoms with Crippen LogP contribution in [0.15, 0.2) is 4.99 Å². The lowest BCUT2D eigenvalue weighted by molar-refractivity contribution is 0.0526. The molecule has 3 atom stereocenters. The van der Waals surface area contributed by atoms with Crippen molar-refractivity contribution in [2.24, 2.45) is 10.9 Å². The fourth-order valence-electron chi connectivity index (χ4n) is 4.39. The van der Waals surface area contributed by atoms with Crippen LogP contribution in [0.5, 0.6) is 0 Å². The van der Waals surface area contributed by atoms with Crippen molar-refractivity contribution in [3.63, 3.8) is 0 Å². The third-order valence-corrected chi connectivity index (χ3v) is 5.77. The second-order valence-corrected chi connectivity index (χ2v) is 7.60. The first-order valence-corrected chi connectivity index (χ1v) is 10.1. The molecule has 5 nitrogen and oxygen atoms in total. The summed E-state index contributed by atoms with van der Waals surface area (Å²) in [6.45, 7) is 6.29. The predicted molar refractivity (Wildman–Crippen MR) is 101 cm³/mol. The van der Waals surface area contributed by atoms with Crippen LogP contribution < -0.4 is 10.6 Å². The summed E-state index contributed by atoms with van der Waals surface area (Å²) in [5.74, 6) is 1.46. The summed E-state index contributed by atoms with van der Waals surface area (Å²) in [4.78, 5) is 7.43. The smallest absolute Gasteiger partial charge is 0.191 e. The minimum atomic E-state index is 0.266. The van der Waals surface area contributed by atoms with Gasteiger partial charge in [-0.3, -0.25) is 4.99 Å². The predicted octanol–water partition coefficient (Wildman–Crippen LogP) is 2.36. The summed E-state index contributed by atoms with van der Waals surface area (Å²) in [5.41, 5.74) is 0. The zero-order valence-corrected chi connectivity index (χ0v) is 15.9. The van der Waals surface area contributed by atoms with Crippen molar-refractivity contribution < 1.29 is 5.11 Å². The van der Waals surface area contributed by atoms with Gasteiger partial charge in [0.25, 0.3) is 0 Å². The summed E-state index contributed by atoms with van der Waals surface area (Å²) >= 11 is 0. The molecule has 2 heterocycles. The van der Waals surface area contributed by atoms with E-state index in [2.05, 4.69) is 36.4 Å². The normalized spacial score (nSPS) is 29.3. The monoisotopic (exact) mass is 338 g/mol. The summed E-state index contributed by atoms with van der Waals surface area (Å²) in [7, 11) is 2.30. The van der Waals surface area contributed by atoms with Gasteiger partial charge in [-0.25, -0.2) is 0 Å². The van der Waals surface area contributed by atoms with Crippen molar-refractivity contribution in [3.05, 3.63) is 0 Å². The number of hydrogen-bond acceptors (Lipinski definition) is 3. The summed E-state index contributed by atoms with van der Waals surface area (Å²) < 4.78 is 0. The Labute approximate surface area is 148 Å². The number of piperidine rings is 2. The van der Waals surface area contributed by atoms with Crippen LogP contribution in [0.3, 0.4) is 0 Å². The second kappa shape index (κ2) is 10.2. The molecule has 0 saturated carbocycles. The number of aliphatic hydroxyl groups is 1. The summed E-state index contributed by atoms with van der Waals surface area (Å²) in [6, 6.07) is 2.01. The number of rotatable bonds is 8. The molecule has 0 amide bonds. The largest absolute Gasteiger partial charge is 0.396 e. The highest BCUT2D eigenvalue weighted by molar-refractivity contribution is 5.80. The van der Waals surface area contributed by atoms with Gasteiger partial charge in [0.15, 0.2) is 5.96 Å². The van der Waals surface area contributed by atoms with Gasteiger partial charge in [0.2, 0.25) is 0 Å². The minimum Gasteiger partial charge on any atom is -0.396 e. The van der Waals surface area contributed by atoms with Crippen molar-refractivity contribution >= 4 is 5.96 Å². The van der Waals surface area contributed by atoms with E-state index < -0.39 is 0 Å². The van der Waals surface area contributed by atoms with Crippen LogP contribution in [0.2, 0.25) is 0 Å². The van der Waals surface area contributed by atoms with Crippen LogP contribution in [-0.2, 0) is 0 Å². The molecule has 0 aromatic rings. The van der Waals surface area contributed by atoms with Gasteiger partial charge in [0.1, 0.15) is 0 Å². The first-order chi connectivity index (χ1) is 11.7. The third-order valence-electron chi connectivity index (χ3n) is 5.77. The van der Waals surface area contributed by atoms with Gasteiger partial charge >= 0.3 is 0 Å². The van der Waals surface area contributed by atoms with Gasteiger partial charge < -0.3 is 20.6 Å². The van der Waals surface area contributed by atoms with Crippen molar-refractivity contribution in [1.82, 2.24) is 15.5 Å². The van der Waals surface area contributed by atoms with Gasteiger partial charge in [-0.05, 0) is 58.4 Å². The SMILES string of the molecule is CCCC(CCO)CN=C(NCC)NC1CC2CCCC(C1)N2C. The first kappa shape index (κ1) is 19.5. The van der Waals surface area contributed by atoms with Crippen LogP contribution in [0.4, 0.5) is 0 Å². The maximum absolute atomic E-state index is 9.23. The van der Waals surface area contributed by atoms with Gasteiger partial charge in [-0.2, -0.15) is 0 Å². The lowest BCUT2D eigenvalue weighted by Crippen LogP contribution is -2.56. The summed E-state index contributed by atoms with van der Waals surface area (Å²) in [5, 5.41) is 16.3. The quantitative estimate of drug-likeness (QED) is 0.470. The van der Waals surface area contributed by atoms with Crippen LogP contribution in [0.25, 0.3) is 0 Å². The topological polar surface area (TPSA) is 59.9 Å². The molecule has 0 aromatic carbocycles. The average Bonchev–Trinajstić information content (AvgIpc) is 2.54. The van der Waals surface area contributed by atoms with Crippen molar-refractivity contribution in [2.45, 2.75) is 83.3 Å². The molecular weight excluding hydrogens is 300 g/mol. The van der Waals surface area contributed by atoms with Gasteiger partial charge in [-0.15, -0.1) is 0 Å². The molecule has 0 spiro atoms. The fourth-order valence-corrected chi connectivity index (χ4v) is 4.39. The number of nitrogens with one attached hydrogen (secondary N) is 2. The maximum Gasteiger partial charge on any atom is 0.191 e. The van der Waals surface area contributed by atoms with E-state index >= 15 is 0 Å². The van der Waals surface area contributed by atoms with Crippen molar-refractivity contribution in [2.75, 3.05) is 26.7 Å². The zero-order chi connectivity index (χ0) is 17.4. The van der Waals surface area contributed by atoms with E-state index in [1.807, 2.05) is 0 Å². The Morgan fingerprint density at radius 2 is 1.92 bits per heavy atom. The molecule has 0 aliphatic carbocycles. The highest BCUT2D eigenvalue weighted by Crippen LogP contribution is 2.32. The van der Waals surface area contributed by atoms with E-state index in [0.717, 1.165) is 50.4 Å². The second-order valence-electron chi connectivity index (χ2n) is 7.60. The Morgan fingerprint density at radius 1 is 1.21 bits per heavy atom. The maximum atomic E-state index is 9.23. The lowest BCUT2D eigenvalue weighted by atomic mass is 9.82. The van der Waals surface area contributed by atoms with Gasteiger partial charge in [0.05, 0.1) is 0 Å². The standard InChI is InChI=1S/C19H38N4O/c1-4-7-15(10-11-24)14-21-19(20-5-2)22-16-12-17-8-6-9-18(13-16)23(17)3/h15-18,24H,4-14H2,1-3H3,(H2,20,21,22).